The fraction of sp³-hybridized carbons (Fsp3) is 0.571. The van der Waals surface area contributed by atoms with Crippen LogP contribution in [0.15, 0.2) is 18.2 Å². The van der Waals surface area contributed by atoms with Gasteiger partial charge in [-0.1, -0.05) is 43.0 Å². The van der Waals surface area contributed by atoms with Gasteiger partial charge in [-0.3, -0.25) is 11.3 Å². The molecule has 100 valence electrons. The van der Waals surface area contributed by atoms with Gasteiger partial charge in [-0.15, -0.1) is 0 Å². The highest BCUT2D eigenvalue weighted by atomic mass is 35.5. The first kappa shape index (κ1) is 14.1. The Morgan fingerprint density at radius 2 is 2.11 bits per heavy atom. The molecule has 0 saturated heterocycles. The highest BCUT2D eigenvalue weighted by Crippen LogP contribution is 2.39. The number of rotatable bonds is 3. The molecule has 0 amide bonds. The average Bonchev–Trinajstić information content (AvgIpc) is 2.35. The average molecular weight is 287 g/mol. The minimum Gasteiger partial charge on any atom is -0.271 e. The van der Waals surface area contributed by atoms with Gasteiger partial charge >= 0.3 is 0 Å². The first-order valence-corrected chi connectivity index (χ1v) is 7.28. The Kier molecular flexibility index (Phi) is 4.91. The third kappa shape index (κ3) is 3.18. The zero-order chi connectivity index (χ0) is 13.1. The van der Waals surface area contributed by atoms with Crippen LogP contribution >= 0.6 is 23.2 Å². The summed E-state index contributed by atoms with van der Waals surface area (Å²) in [5.74, 6) is 7.05. The SMILES string of the molecule is CC1CCCC(C(NN)c2cc(Cl)ccc2Cl)C1. The number of halogens is 2. The van der Waals surface area contributed by atoms with E-state index in [0.29, 0.717) is 10.9 Å². The number of hydrogen-bond acceptors (Lipinski definition) is 2. The maximum atomic E-state index is 6.27. The molecule has 4 heteroatoms. The van der Waals surface area contributed by atoms with Gasteiger partial charge < -0.3 is 0 Å². The monoisotopic (exact) mass is 286 g/mol. The maximum Gasteiger partial charge on any atom is 0.0503 e. The molecule has 1 aliphatic rings. The molecule has 2 nitrogen and oxygen atoms in total. The van der Waals surface area contributed by atoms with Crippen LogP contribution in [0.4, 0.5) is 0 Å². The van der Waals surface area contributed by atoms with Crippen LogP contribution in [0.1, 0.15) is 44.2 Å². The molecule has 0 spiro atoms. The zero-order valence-corrected chi connectivity index (χ0v) is 12.1. The van der Waals surface area contributed by atoms with Crippen LogP contribution < -0.4 is 11.3 Å². The smallest absolute Gasteiger partial charge is 0.0503 e. The second kappa shape index (κ2) is 6.25. The first-order valence-electron chi connectivity index (χ1n) is 6.53. The highest BCUT2D eigenvalue weighted by molar-refractivity contribution is 6.33. The van der Waals surface area contributed by atoms with Crippen LogP contribution in [0.3, 0.4) is 0 Å². The lowest BCUT2D eigenvalue weighted by atomic mass is 9.77. The quantitative estimate of drug-likeness (QED) is 0.641. The molecule has 1 aliphatic carbocycles. The lowest BCUT2D eigenvalue weighted by molar-refractivity contribution is 0.224. The van der Waals surface area contributed by atoms with Crippen LogP contribution in [-0.2, 0) is 0 Å². The van der Waals surface area contributed by atoms with E-state index in [0.717, 1.165) is 16.5 Å². The second-order valence-corrected chi connectivity index (χ2v) is 6.19. The van der Waals surface area contributed by atoms with Crippen molar-refractivity contribution in [2.24, 2.45) is 17.7 Å². The van der Waals surface area contributed by atoms with Gasteiger partial charge in [0.1, 0.15) is 0 Å². The van der Waals surface area contributed by atoms with Crippen LogP contribution in [0.25, 0.3) is 0 Å². The molecule has 1 fully saturated rings. The Bertz CT molecular complexity index is 409. The minimum absolute atomic E-state index is 0.0962. The first-order chi connectivity index (χ1) is 8.61. The number of nitrogens with one attached hydrogen (secondary N) is 1. The predicted octanol–water partition coefficient (Wildman–Crippen LogP) is 4.32. The van der Waals surface area contributed by atoms with E-state index < -0.39 is 0 Å². The van der Waals surface area contributed by atoms with Gasteiger partial charge in [0.05, 0.1) is 6.04 Å². The summed E-state index contributed by atoms with van der Waals surface area (Å²) >= 11 is 12.3. The van der Waals surface area contributed by atoms with Crippen molar-refractivity contribution in [3.05, 3.63) is 33.8 Å². The number of nitrogens with two attached hydrogens (primary N) is 1. The van der Waals surface area contributed by atoms with E-state index in [4.69, 9.17) is 29.0 Å². The summed E-state index contributed by atoms with van der Waals surface area (Å²) in [6.45, 7) is 2.30. The Morgan fingerprint density at radius 1 is 1.33 bits per heavy atom. The van der Waals surface area contributed by atoms with Gasteiger partial charge in [0, 0.05) is 10.0 Å². The molecule has 0 heterocycles. The zero-order valence-electron chi connectivity index (χ0n) is 10.6. The predicted molar refractivity (Wildman–Crippen MR) is 77.6 cm³/mol. The third-order valence-corrected chi connectivity index (χ3v) is 4.50. The third-order valence-electron chi connectivity index (χ3n) is 3.92. The molecule has 1 saturated carbocycles. The van der Waals surface area contributed by atoms with E-state index in [9.17, 15) is 0 Å². The molecule has 3 N–H and O–H groups in total. The molecule has 18 heavy (non-hydrogen) atoms. The van der Waals surface area contributed by atoms with E-state index in [2.05, 4.69) is 12.3 Å². The van der Waals surface area contributed by atoms with E-state index in [-0.39, 0.29) is 6.04 Å². The molecule has 0 aromatic heterocycles. The normalized spacial score (nSPS) is 26.0. The lowest BCUT2D eigenvalue weighted by Crippen LogP contribution is -2.35. The van der Waals surface area contributed by atoms with Crippen molar-refractivity contribution in [2.75, 3.05) is 0 Å². The standard InChI is InChI=1S/C14H20Cl2N2/c1-9-3-2-4-10(7-9)14(18-17)12-8-11(15)5-6-13(12)16/h5-6,8-10,14,18H,2-4,7,17H2,1H3. The summed E-state index contributed by atoms with van der Waals surface area (Å²) < 4.78 is 0. The van der Waals surface area contributed by atoms with Gasteiger partial charge in [0.25, 0.3) is 0 Å². The molecule has 0 radical (unpaired) electrons. The largest absolute Gasteiger partial charge is 0.271 e. The van der Waals surface area contributed by atoms with Crippen molar-refractivity contribution in [2.45, 2.75) is 38.6 Å². The van der Waals surface area contributed by atoms with Gasteiger partial charge in [-0.05, 0) is 48.4 Å². The van der Waals surface area contributed by atoms with E-state index in [1.54, 1.807) is 0 Å². The molecule has 3 unspecified atom stereocenters. The number of benzene rings is 1. The highest BCUT2D eigenvalue weighted by Gasteiger charge is 2.28. The Labute approximate surface area is 119 Å². The van der Waals surface area contributed by atoms with Crippen molar-refractivity contribution in [3.8, 4) is 0 Å². The van der Waals surface area contributed by atoms with Gasteiger partial charge in [0.2, 0.25) is 0 Å². The van der Waals surface area contributed by atoms with E-state index >= 15 is 0 Å². The lowest BCUT2D eigenvalue weighted by Gasteiger charge is -2.33. The second-order valence-electron chi connectivity index (χ2n) is 5.34. The van der Waals surface area contributed by atoms with Gasteiger partial charge in [0.15, 0.2) is 0 Å². The van der Waals surface area contributed by atoms with Crippen molar-refractivity contribution < 1.29 is 0 Å². The Hall–Kier alpha value is -0.280. The van der Waals surface area contributed by atoms with Crippen LogP contribution in [0.5, 0.6) is 0 Å². The van der Waals surface area contributed by atoms with Crippen molar-refractivity contribution in [1.82, 2.24) is 5.43 Å². The van der Waals surface area contributed by atoms with Crippen LogP contribution in [0, 0.1) is 11.8 Å². The molecular formula is C14H20Cl2N2. The van der Waals surface area contributed by atoms with Crippen LogP contribution in [-0.4, -0.2) is 0 Å². The summed E-state index contributed by atoms with van der Waals surface area (Å²) in [7, 11) is 0. The molecule has 2 rings (SSSR count). The molecule has 0 bridgehead atoms. The Balaban J connectivity index is 2.24. The fourth-order valence-electron chi connectivity index (χ4n) is 3.02. The van der Waals surface area contributed by atoms with Crippen LogP contribution in [0.2, 0.25) is 10.0 Å². The minimum atomic E-state index is 0.0962. The molecule has 3 atom stereocenters. The summed E-state index contributed by atoms with van der Waals surface area (Å²) in [5.41, 5.74) is 3.95. The number of hydrazine groups is 1. The van der Waals surface area contributed by atoms with Gasteiger partial charge in [-0.2, -0.15) is 0 Å². The van der Waals surface area contributed by atoms with E-state index in [1.165, 1.54) is 25.7 Å². The molecule has 1 aromatic rings. The summed E-state index contributed by atoms with van der Waals surface area (Å²) in [4.78, 5) is 0. The van der Waals surface area contributed by atoms with Crippen molar-refractivity contribution in [1.29, 1.82) is 0 Å². The Morgan fingerprint density at radius 3 is 2.78 bits per heavy atom. The summed E-state index contributed by atoms with van der Waals surface area (Å²) in [6.07, 6.45) is 4.97. The number of hydrogen-bond donors (Lipinski definition) is 2. The molecule has 0 aliphatic heterocycles. The van der Waals surface area contributed by atoms with E-state index in [1.807, 2.05) is 18.2 Å². The topological polar surface area (TPSA) is 38.0 Å². The molecule has 1 aromatic carbocycles. The fourth-order valence-corrected chi connectivity index (χ4v) is 3.43. The van der Waals surface area contributed by atoms with Crippen molar-refractivity contribution in [3.63, 3.8) is 0 Å². The summed E-state index contributed by atoms with van der Waals surface area (Å²) in [6, 6.07) is 5.67. The molecular weight excluding hydrogens is 267 g/mol. The maximum absolute atomic E-state index is 6.27. The van der Waals surface area contributed by atoms with Crippen molar-refractivity contribution >= 4 is 23.2 Å². The summed E-state index contributed by atoms with van der Waals surface area (Å²) in [5, 5.41) is 1.44. The van der Waals surface area contributed by atoms with Gasteiger partial charge in [-0.25, -0.2) is 0 Å².